The number of ether oxygens (including phenoxy) is 4. The fourth-order valence-corrected chi connectivity index (χ4v) is 12.1. The Morgan fingerprint density at radius 1 is 0.427 bits per heavy atom. The standard InChI is InChI=1S/C63H74N2O8S2/c1-51(66)35-40-70-42-44-72-46-47-73-45-43-71-41-39-65-61(69)52(50-59(67)36-48-74-62(53-23-8-2-9-24-53,54-25-10-3-11-26-54)55-27-12-4-13-28-55)22-20-21-38-64-60(68)37-49-75-63(56-29-14-5-15-30-56,57-31-16-6-17-32-57)58-33-18-7-19-34-58/h2-19,23-34,52H,20-22,35-50H2,1H3,(H,64,68)(H,65,69)/t52-/m1/s1. The molecule has 0 heterocycles. The average Bonchev–Trinajstić information content (AvgIpc) is 3.45. The maximum Gasteiger partial charge on any atom is 0.223 e. The van der Waals surface area contributed by atoms with Crippen molar-refractivity contribution in [1.29, 1.82) is 0 Å². The highest BCUT2D eigenvalue weighted by Crippen LogP contribution is 2.50. The smallest absolute Gasteiger partial charge is 0.223 e. The van der Waals surface area contributed by atoms with E-state index in [1.807, 2.05) is 36.4 Å². The Morgan fingerprint density at radius 3 is 1.17 bits per heavy atom. The van der Waals surface area contributed by atoms with Crippen molar-refractivity contribution in [2.75, 3.05) is 77.5 Å². The van der Waals surface area contributed by atoms with Crippen molar-refractivity contribution in [2.24, 2.45) is 5.92 Å². The molecule has 0 spiro atoms. The number of carbonyl (C=O) groups excluding carboxylic acids is 4. The fraction of sp³-hybridized carbons (Fsp3) is 0.365. The Bertz CT molecular complexity index is 2350. The highest BCUT2D eigenvalue weighted by molar-refractivity contribution is 8.00. The molecular weight excluding hydrogens is 977 g/mol. The van der Waals surface area contributed by atoms with E-state index in [4.69, 9.17) is 18.9 Å². The second kappa shape index (κ2) is 33.2. The van der Waals surface area contributed by atoms with E-state index >= 15 is 0 Å². The van der Waals surface area contributed by atoms with Gasteiger partial charge in [-0.3, -0.25) is 19.2 Å². The van der Waals surface area contributed by atoms with Crippen LogP contribution in [-0.4, -0.2) is 101 Å². The van der Waals surface area contributed by atoms with Crippen LogP contribution < -0.4 is 10.6 Å². The molecule has 0 bridgehead atoms. The van der Waals surface area contributed by atoms with Gasteiger partial charge in [0.05, 0.1) is 62.3 Å². The monoisotopic (exact) mass is 1050 g/mol. The van der Waals surface area contributed by atoms with E-state index in [1.54, 1.807) is 30.4 Å². The summed E-state index contributed by atoms with van der Waals surface area (Å²) in [5.74, 6) is 0.566. The molecule has 0 aliphatic rings. The molecule has 396 valence electrons. The highest BCUT2D eigenvalue weighted by Gasteiger charge is 2.38. The van der Waals surface area contributed by atoms with Crippen molar-refractivity contribution in [3.8, 4) is 0 Å². The van der Waals surface area contributed by atoms with Crippen LogP contribution in [0.3, 0.4) is 0 Å². The summed E-state index contributed by atoms with van der Waals surface area (Å²) in [5, 5.41) is 6.15. The van der Waals surface area contributed by atoms with Crippen LogP contribution in [0.1, 0.15) is 85.3 Å². The number of unbranched alkanes of at least 4 members (excludes halogenated alkanes) is 1. The molecule has 2 amide bonds. The zero-order chi connectivity index (χ0) is 52.7. The van der Waals surface area contributed by atoms with Crippen LogP contribution >= 0.6 is 23.5 Å². The summed E-state index contributed by atoms with van der Waals surface area (Å²) in [5.41, 5.74) is 6.85. The van der Waals surface area contributed by atoms with E-state index in [2.05, 4.69) is 156 Å². The molecule has 0 fully saturated rings. The van der Waals surface area contributed by atoms with Crippen LogP contribution in [0.2, 0.25) is 0 Å². The second-order valence-electron chi connectivity index (χ2n) is 18.2. The van der Waals surface area contributed by atoms with Gasteiger partial charge in [-0.25, -0.2) is 0 Å². The molecule has 0 saturated carbocycles. The first-order valence-corrected chi connectivity index (χ1v) is 28.3. The first kappa shape index (κ1) is 58.4. The molecule has 0 aromatic heterocycles. The van der Waals surface area contributed by atoms with Crippen molar-refractivity contribution in [3.05, 3.63) is 215 Å². The molecule has 0 unspecified atom stereocenters. The first-order valence-electron chi connectivity index (χ1n) is 26.3. The maximum absolute atomic E-state index is 14.0. The van der Waals surface area contributed by atoms with Gasteiger partial charge >= 0.3 is 0 Å². The Kier molecular flexibility index (Phi) is 25.9. The van der Waals surface area contributed by atoms with Gasteiger partial charge in [0.15, 0.2) is 0 Å². The number of hydrogen-bond acceptors (Lipinski definition) is 10. The quantitative estimate of drug-likeness (QED) is 0.0287. The third-order valence-corrected chi connectivity index (χ3v) is 15.9. The van der Waals surface area contributed by atoms with Gasteiger partial charge in [0.25, 0.3) is 0 Å². The molecule has 6 aromatic carbocycles. The van der Waals surface area contributed by atoms with Crippen LogP contribution in [0, 0.1) is 5.92 Å². The van der Waals surface area contributed by atoms with Gasteiger partial charge in [-0.15, -0.1) is 23.5 Å². The minimum atomic E-state index is -0.551. The summed E-state index contributed by atoms with van der Waals surface area (Å²) in [6, 6.07) is 62.8. The zero-order valence-corrected chi connectivity index (χ0v) is 45.0. The molecule has 0 aliphatic carbocycles. The number of carbonyl (C=O) groups is 4. The van der Waals surface area contributed by atoms with Crippen molar-refractivity contribution in [3.63, 3.8) is 0 Å². The largest absolute Gasteiger partial charge is 0.379 e. The molecule has 12 heteroatoms. The van der Waals surface area contributed by atoms with Gasteiger partial charge in [0, 0.05) is 56.2 Å². The van der Waals surface area contributed by atoms with Crippen LogP contribution in [0.15, 0.2) is 182 Å². The molecule has 0 aliphatic heterocycles. The Labute approximate surface area is 453 Å². The number of amides is 2. The Morgan fingerprint density at radius 2 is 0.787 bits per heavy atom. The molecule has 1 atom stereocenters. The van der Waals surface area contributed by atoms with Gasteiger partial charge in [-0.05, 0) is 53.1 Å². The lowest BCUT2D eigenvalue weighted by Crippen LogP contribution is -2.35. The normalized spacial score (nSPS) is 12.0. The molecule has 10 nitrogen and oxygen atoms in total. The molecule has 6 aromatic rings. The number of benzene rings is 6. The fourth-order valence-electron chi connectivity index (χ4n) is 9.06. The third kappa shape index (κ3) is 18.7. The lowest BCUT2D eigenvalue weighted by molar-refractivity contribution is -0.129. The third-order valence-electron chi connectivity index (χ3n) is 12.8. The Balaban J connectivity index is 1.00. The summed E-state index contributed by atoms with van der Waals surface area (Å²) in [4.78, 5) is 52.2. The number of thioether (sulfide) groups is 2. The zero-order valence-electron chi connectivity index (χ0n) is 43.4. The van der Waals surface area contributed by atoms with Crippen molar-refractivity contribution in [2.45, 2.75) is 61.4 Å². The predicted octanol–water partition coefficient (Wildman–Crippen LogP) is 11.2. The van der Waals surface area contributed by atoms with Crippen LogP contribution in [-0.2, 0) is 47.6 Å². The van der Waals surface area contributed by atoms with Crippen molar-refractivity contribution < 1.29 is 38.1 Å². The van der Waals surface area contributed by atoms with Gasteiger partial charge < -0.3 is 29.6 Å². The summed E-state index contributed by atoms with van der Waals surface area (Å²) in [6.07, 6.45) is 3.02. The minimum Gasteiger partial charge on any atom is -0.379 e. The van der Waals surface area contributed by atoms with E-state index in [1.165, 1.54) is 0 Å². The van der Waals surface area contributed by atoms with E-state index < -0.39 is 15.4 Å². The van der Waals surface area contributed by atoms with Crippen molar-refractivity contribution in [1.82, 2.24) is 10.6 Å². The lowest BCUT2D eigenvalue weighted by Gasteiger charge is -2.35. The van der Waals surface area contributed by atoms with Crippen LogP contribution in [0.4, 0.5) is 0 Å². The molecule has 2 N–H and O–H groups in total. The summed E-state index contributed by atoms with van der Waals surface area (Å²) in [7, 11) is 0. The van der Waals surface area contributed by atoms with E-state index in [9.17, 15) is 19.2 Å². The molecule has 75 heavy (non-hydrogen) atoms. The van der Waals surface area contributed by atoms with E-state index in [0.717, 1.165) is 33.4 Å². The first-order chi connectivity index (χ1) is 36.8. The Hall–Kier alpha value is -5.86. The van der Waals surface area contributed by atoms with E-state index in [-0.39, 0.29) is 29.8 Å². The summed E-state index contributed by atoms with van der Waals surface area (Å²) < 4.78 is 21.2. The number of nitrogens with one attached hydrogen (secondary N) is 2. The summed E-state index contributed by atoms with van der Waals surface area (Å²) in [6.45, 7) is 5.45. The van der Waals surface area contributed by atoms with Crippen LogP contribution in [0.5, 0.6) is 0 Å². The molecular formula is C63H74N2O8S2. The van der Waals surface area contributed by atoms with Crippen LogP contribution in [0.25, 0.3) is 0 Å². The maximum atomic E-state index is 14.0. The number of hydrogen-bond donors (Lipinski definition) is 2. The number of rotatable bonds is 37. The minimum absolute atomic E-state index is 0.0207. The van der Waals surface area contributed by atoms with Crippen molar-refractivity contribution >= 4 is 46.9 Å². The van der Waals surface area contributed by atoms with E-state index in [0.29, 0.717) is 116 Å². The molecule has 0 saturated heterocycles. The van der Waals surface area contributed by atoms with Gasteiger partial charge in [-0.2, -0.15) is 0 Å². The van der Waals surface area contributed by atoms with Gasteiger partial charge in [-0.1, -0.05) is 188 Å². The number of Topliss-reactive ketones (excluding diaryl/α,β-unsaturated/α-hetero) is 2. The number of ketones is 2. The lowest BCUT2D eigenvalue weighted by atomic mass is 9.84. The SMILES string of the molecule is CC(=O)CCOCCOCCOCCOCCNC(=O)[C@H](CCCCNC(=O)CCSC(c1ccccc1)(c1ccccc1)c1ccccc1)CC(=O)CCSC(c1ccccc1)(c1ccccc1)c1ccccc1. The topological polar surface area (TPSA) is 129 Å². The second-order valence-corrected chi connectivity index (χ2v) is 20.9. The van der Waals surface area contributed by atoms with Gasteiger partial charge in [0.2, 0.25) is 11.8 Å². The average molecular weight is 1050 g/mol. The summed E-state index contributed by atoms with van der Waals surface area (Å²) >= 11 is 3.51. The highest BCUT2D eigenvalue weighted by atomic mass is 32.2. The van der Waals surface area contributed by atoms with Gasteiger partial charge in [0.1, 0.15) is 11.6 Å². The molecule has 6 rings (SSSR count). The molecule has 0 radical (unpaired) electrons. The predicted molar refractivity (Wildman–Crippen MR) is 304 cm³/mol.